The molecule has 1 aromatic carbocycles. The van der Waals surface area contributed by atoms with Gasteiger partial charge in [0.15, 0.2) is 0 Å². The summed E-state index contributed by atoms with van der Waals surface area (Å²) >= 11 is 0. The van der Waals surface area contributed by atoms with Crippen LogP contribution in [0.3, 0.4) is 0 Å². The molecule has 1 atom stereocenters. The lowest BCUT2D eigenvalue weighted by molar-refractivity contribution is -0.149. The number of carbonyl (C=O) groups is 1. The van der Waals surface area contributed by atoms with Crippen molar-refractivity contribution in [1.29, 1.82) is 0 Å². The first kappa shape index (κ1) is 14.7. The van der Waals surface area contributed by atoms with Crippen LogP contribution in [-0.4, -0.2) is 18.6 Å². The second-order valence-electron chi connectivity index (χ2n) is 4.58. The molecule has 0 aliphatic heterocycles. The number of ether oxygens (including phenoxy) is 1. The van der Waals surface area contributed by atoms with Crippen molar-refractivity contribution in [2.75, 3.05) is 6.61 Å². The lowest BCUT2D eigenvalue weighted by atomic mass is 10.0. The predicted molar refractivity (Wildman–Crippen MR) is 71.8 cm³/mol. The van der Waals surface area contributed by atoms with E-state index < -0.39 is 5.72 Å². The fraction of sp³-hybridized carbons (Fsp3) is 0.500. The normalized spacial score (nSPS) is 14.3. The van der Waals surface area contributed by atoms with E-state index in [2.05, 4.69) is 5.32 Å². The van der Waals surface area contributed by atoms with Gasteiger partial charge in [-0.25, -0.2) is 0 Å². The Morgan fingerprint density at radius 3 is 2.50 bits per heavy atom. The Morgan fingerprint density at radius 1 is 1.39 bits per heavy atom. The molecule has 100 valence electrons. The third-order valence-corrected chi connectivity index (χ3v) is 2.49. The van der Waals surface area contributed by atoms with E-state index in [1.165, 1.54) is 0 Å². The van der Waals surface area contributed by atoms with Crippen molar-refractivity contribution in [3.05, 3.63) is 35.9 Å². The molecule has 18 heavy (non-hydrogen) atoms. The number of nitrogens with one attached hydrogen (secondary N) is 1. The molecule has 1 unspecified atom stereocenters. The molecule has 0 radical (unpaired) electrons. The summed E-state index contributed by atoms with van der Waals surface area (Å²) in [5.41, 5.74) is 5.41. The van der Waals surface area contributed by atoms with Crippen LogP contribution < -0.4 is 11.1 Å². The van der Waals surface area contributed by atoms with Crippen LogP contribution in [0.5, 0.6) is 0 Å². The van der Waals surface area contributed by atoms with Gasteiger partial charge in [-0.2, -0.15) is 0 Å². The molecule has 1 amide bonds. The van der Waals surface area contributed by atoms with Crippen LogP contribution in [0.1, 0.15) is 32.8 Å². The number of rotatable bonds is 6. The van der Waals surface area contributed by atoms with Crippen LogP contribution in [-0.2, 0) is 15.3 Å². The van der Waals surface area contributed by atoms with Gasteiger partial charge in [0.25, 0.3) is 5.91 Å². The zero-order chi connectivity index (χ0) is 13.6. The average Bonchev–Trinajstić information content (AvgIpc) is 2.36. The first-order valence-corrected chi connectivity index (χ1v) is 6.30. The van der Waals surface area contributed by atoms with Crippen LogP contribution in [0.2, 0.25) is 0 Å². The molecule has 0 heterocycles. The zero-order valence-electron chi connectivity index (χ0n) is 11.3. The van der Waals surface area contributed by atoms with Crippen LogP contribution in [0.25, 0.3) is 0 Å². The van der Waals surface area contributed by atoms with Gasteiger partial charge in [0.05, 0.1) is 0 Å². The first-order valence-electron chi connectivity index (χ1n) is 6.30. The van der Waals surface area contributed by atoms with Crippen LogP contribution in [0, 0.1) is 0 Å². The van der Waals surface area contributed by atoms with Crippen molar-refractivity contribution in [1.82, 2.24) is 5.32 Å². The lowest BCUT2D eigenvalue weighted by Crippen LogP contribution is -2.54. The summed E-state index contributed by atoms with van der Waals surface area (Å²) in [5.74, 6) is -0.308. The minimum absolute atomic E-state index is 0.0226. The Bertz CT molecular complexity index is 379. The smallest absolute Gasteiger partial charge is 0.272 e. The number of benzene rings is 1. The van der Waals surface area contributed by atoms with Crippen LogP contribution >= 0.6 is 0 Å². The van der Waals surface area contributed by atoms with Crippen molar-refractivity contribution >= 4 is 5.91 Å². The van der Waals surface area contributed by atoms with Gasteiger partial charge in [0, 0.05) is 18.2 Å². The molecule has 0 aliphatic rings. The fourth-order valence-electron chi connectivity index (χ4n) is 1.60. The highest BCUT2D eigenvalue weighted by molar-refractivity contribution is 5.86. The van der Waals surface area contributed by atoms with Gasteiger partial charge in [-0.3, -0.25) is 10.5 Å². The third-order valence-electron chi connectivity index (χ3n) is 2.49. The van der Waals surface area contributed by atoms with Crippen molar-refractivity contribution in [2.24, 2.45) is 5.73 Å². The number of hydrogen-bond acceptors (Lipinski definition) is 3. The van der Waals surface area contributed by atoms with Gasteiger partial charge in [0.1, 0.15) is 0 Å². The van der Waals surface area contributed by atoms with Crippen molar-refractivity contribution in [2.45, 2.75) is 39.0 Å². The second kappa shape index (κ2) is 6.52. The maximum Gasteiger partial charge on any atom is 0.272 e. The molecule has 0 spiro atoms. The zero-order valence-corrected chi connectivity index (χ0v) is 11.3. The SMILES string of the molecule is CCCOC(N)(C(=O)NC(C)C)c1ccccc1. The first-order chi connectivity index (χ1) is 8.50. The Hall–Kier alpha value is -1.39. The highest BCUT2D eigenvalue weighted by Crippen LogP contribution is 2.20. The molecule has 0 aliphatic carbocycles. The summed E-state index contributed by atoms with van der Waals surface area (Å²) in [4.78, 5) is 12.2. The molecule has 3 N–H and O–H groups in total. The molecular formula is C14H22N2O2. The van der Waals surface area contributed by atoms with Crippen molar-refractivity contribution in [3.63, 3.8) is 0 Å². The third kappa shape index (κ3) is 3.55. The van der Waals surface area contributed by atoms with E-state index in [-0.39, 0.29) is 11.9 Å². The molecule has 0 aromatic heterocycles. The molecular weight excluding hydrogens is 228 g/mol. The van der Waals surface area contributed by atoms with Crippen molar-refractivity contribution in [3.8, 4) is 0 Å². The van der Waals surface area contributed by atoms with Gasteiger partial charge in [-0.15, -0.1) is 0 Å². The Kier molecular flexibility index (Phi) is 5.31. The molecule has 0 saturated carbocycles. The van der Waals surface area contributed by atoms with E-state index in [0.717, 1.165) is 6.42 Å². The Labute approximate surface area is 109 Å². The Balaban J connectivity index is 2.98. The molecule has 4 nitrogen and oxygen atoms in total. The van der Waals surface area contributed by atoms with E-state index in [0.29, 0.717) is 12.2 Å². The molecule has 0 fully saturated rings. The summed E-state index contributed by atoms with van der Waals surface area (Å²) in [7, 11) is 0. The van der Waals surface area contributed by atoms with E-state index in [9.17, 15) is 4.79 Å². The summed E-state index contributed by atoms with van der Waals surface area (Å²) in [5, 5.41) is 2.80. The highest BCUT2D eigenvalue weighted by atomic mass is 16.5. The minimum atomic E-state index is -1.42. The Morgan fingerprint density at radius 2 is 2.00 bits per heavy atom. The van der Waals surface area contributed by atoms with E-state index in [1.807, 2.05) is 39.0 Å². The van der Waals surface area contributed by atoms with Crippen molar-refractivity contribution < 1.29 is 9.53 Å². The maximum atomic E-state index is 12.2. The number of carbonyl (C=O) groups excluding carboxylic acids is 1. The van der Waals surface area contributed by atoms with Crippen LogP contribution in [0.4, 0.5) is 0 Å². The van der Waals surface area contributed by atoms with E-state index in [1.54, 1.807) is 12.1 Å². The maximum absolute atomic E-state index is 12.2. The topological polar surface area (TPSA) is 64.3 Å². The number of hydrogen-bond donors (Lipinski definition) is 2. The molecule has 1 aromatic rings. The number of amides is 1. The second-order valence-corrected chi connectivity index (χ2v) is 4.58. The minimum Gasteiger partial charge on any atom is -0.350 e. The van der Waals surface area contributed by atoms with E-state index in [4.69, 9.17) is 10.5 Å². The summed E-state index contributed by atoms with van der Waals surface area (Å²) in [6.07, 6.45) is 0.806. The van der Waals surface area contributed by atoms with Gasteiger partial charge >= 0.3 is 0 Å². The van der Waals surface area contributed by atoms with Gasteiger partial charge < -0.3 is 10.1 Å². The quantitative estimate of drug-likeness (QED) is 0.756. The average molecular weight is 250 g/mol. The largest absolute Gasteiger partial charge is 0.350 e. The molecule has 1 rings (SSSR count). The summed E-state index contributed by atoms with van der Waals surface area (Å²) in [6, 6.07) is 9.19. The van der Waals surface area contributed by atoms with Crippen LogP contribution in [0.15, 0.2) is 30.3 Å². The molecule has 0 bridgehead atoms. The summed E-state index contributed by atoms with van der Waals surface area (Å²) < 4.78 is 5.59. The van der Waals surface area contributed by atoms with Gasteiger partial charge in [0.2, 0.25) is 5.72 Å². The lowest BCUT2D eigenvalue weighted by Gasteiger charge is -2.29. The molecule has 0 saturated heterocycles. The number of nitrogens with two attached hydrogens (primary N) is 1. The monoisotopic (exact) mass is 250 g/mol. The van der Waals surface area contributed by atoms with E-state index >= 15 is 0 Å². The standard InChI is InChI=1S/C14H22N2O2/c1-4-10-18-14(15,13(17)16-11(2)3)12-8-6-5-7-9-12/h5-9,11H,4,10,15H2,1-3H3,(H,16,17). The van der Waals surface area contributed by atoms with Gasteiger partial charge in [-0.05, 0) is 20.3 Å². The highest BCUT2D eigenvalue weighted by Gasteiger charge is 2.37. The summed E-state index contributed by atoms with van der Waals surface area (Å²) in [6.45, 7) is 6.20. The fourth-order valence-corrected chi connectivity index (χ4v) is 1.60. The molecule has 4 heteroatoms. The van der Waals surface area contributed by atoms with Gasteiger partial charge in [-0.1, -0.05) is 37.3 Å². The predicted octanol–water partition coefficient (Wildman–Crippen LogP) is 1.75.